The van der Waals surface area contributed by atoms with Crippen molar-refractivity contribution in [3.8, 4) is 6.07 Å². The first-order valence-electron chi connectivity index (χ1n) is 4.90. The van der Waals surface area contributed by atoms with E-state index < -0.39 is 5.67 Å². The molecule has 0 amide bonds. The van der Waals surface area contributed by atoms with Crippen LogP contribution in [0.25, 0.3) is 0 Å². The molecule has 1 saturated carbocycles. The van der Waals surface area contributed by atoms with Gasteiger partial charge in [-0.1, -0.05) is 12.2 Å². The summed E-state index contributed by atoms with van der Waals surface area (Å²) in [6.07, 6.45) is 7.00. The molecule has 0 aromatic carbocycles. The van der Waals surface area contributed by atoms with Gasteiger partial charge in [-0.05, 0) is 38.5 Å². The van der Waals surface area contributed by atoms with Gasteiger partial charge in [0.15, 0.2) is 0 Å². The molecule has 0 aliphatic heterocycles. The van der Waals surface area contributed by atoms with Crippen molar-refractivity contribution in [2.45, 2.75) is 44.7 Å². The van der Waals surface area contributed by atoms with Crippen molar-refractivity contribution in [2.75, 3.05) is 0 Å². The van der Waals surface area contributed by atoms with Gasteiger partial charge in [0.2, 0.25) is 0 Å². The first kappa shape index (κ1) is 10.2. The molecule has 0 saturated heterocycles. The van der Waals surface area contributed by atoms with E-state index in [-0.39, 0.29) is 5.92 Å². The van der Waals surface area contributed by atoms with Crippen LogP contribution in [0, 0.1) is 17.2 Å². The van der Waals surface area contributed by atoms with Gasteiger partial charge in [0.1, 0.15) is 5.67 Å². The van der Waals surface area contributed by atoms with Gasteiger partial charge in [0.05, 0.1) is 6.07 Å². The first-order valence-corrected chi connectivity index (χ1v) is 4.90. The molecule has 0 bridgehead atoms. The Labute approximate surface area is 79.3 Å². The Morgan fingerprint density at radius 2 is 2.46 bits per heavy atom. The van der Waals surface area contributed by atoms with E-state index in [4.69, 9.17) is 5.26 Å². The van der Waals surface area contributed by atoms with Crippen LogP contribution in [-0.4, -0.2) is 5.67 Å². The van der Waals surface area contributed by atoms with Crippen LogP contribution in [0.4, 0.5) is 4.39 Å². The van der Waals surface area contributed by atoms with E-state index in [1.54, 1.807) is 12.2 Å². The minimum absolute atomic E-state index is 0.264. The molecule has 1 rings (SSSR count). The van der Waals surface area contributed by atoms with E-state index in [0.717, 1.165) is 12.8 Å². The summed E-state index contributed by atoms with van der Waals surface area (Å²) in [7, 11) is 0. The molecule has 1 nitrogen and oxygen atoms in total. The molecule has 2 atom stereocenters. The van der Waals surface area contributed by atoms with Crippen molar-refractivity contribution in [3.05, 3.63) is 12.2 Å². The smallest absolute Gasteiger partial charge is 0.129 e. The molecule has 1 aliphatic carbocycles. The van der Waals surface area contributed by atoms with Crippen molar-refractivity contribution in [2.24, 2.45) is 5.92 Å². The van der Waals surface area contributed by atoms with E-state index in [1.807, 2.05) is 6.92 Å². The Kier molecular flexibility index (Phi) is 3.48. The fraction of sp³-hybridized carbons (Fsp3) is 0.727. The average molecular weight is 181 g/mol. The second-order valence-electron chi connectivity index (χ2n) is 3.86. The third-order valence-corrected chi connectivity index (χ3v) is 2.68. The molecule has 13 heavy (non-hydrogen) atoms. The summed E-state index contributed by atoms with van der Waals surface area (Å²) in [5.74, 6) is 0.264. The van der Waals surface area contributed by atoms with Gasteiger partial charge in [-0.15, -0.1) is 0 Å². The minimum Gasteiger partial charge on any atom is -0.239 e. The van der Waals surface area contributed by atoms with E-state index in [9.17, 15) is 4.39 Å². The number of hydrogen-bond donors (Lipinski definition) is 0. The van der Waals surface area contributed by atoms with Crippen molar-refractivity contribution in [1.29, 1.82) is 5.26 Å². The second kappa shape index (κ2) is 4.41. The number of nitrogens with zero attached hydrogens (tertiary/aromatic N) is 1. The van der Waals surface area contributed by atoms with Gasteiger partial charge in [-0.2, -0.15) is 5.26 Å². The van der Waals surface area contributed by atoms with Crippen molar-refractivity contribution >= 4 is 0 Å². The Morgan fingerprint density at radius 1 is 1.69 bits per heavy atom. The molecular formula is C11H16FN. The fourth-order valence-electron chi connectivity index (χ4n) is 2.12. The second-order valence-corrected chi connectivity index (χ2v) is 3.86. The van der Waals surface area contributed by atoms with Crippen LogP contribution in [0.3, 0.4) is 0 Å². The maximum Gasteiger partial charge on any atom is 0.129 e. The molecule has 2 unspecified atom stereocenters. The van der Waals surface area contributed by atoms with Crippen LogP contribution in [0.2, 0.25) is 0 Å². The molecule has 2 heteroatoms. The predicted octanol–water partition coefficient (Wildman–Crippen LogP) is 3.37. The van der Waals surface area contributed by atoms with Crippen LogP contribution in [0.15, 0.2) is 12.2 Å². The van der Waals surface area contributed by atoms with Crippen LogP contribution in [0.1, 0.15) is 39.0 Å². The topological polar surface area (TPSA) is 23.8 Å². The highest BCUT2D eigenvalue weighted by atomic mass is 19.1. The quantitative estimate of drug-likeness (QED) is 0.599. The van der Waals surface area contributed by atoms with Gasteiger partial charge in [-0.25, -0.2) is 4.39 Å². The molecule has 0 heterocycles. The predicted molar refractivity (Wildman–Crippen MR) is 50.8 cm³/mol. The Balaban J connectivity index is 2.55. The van der Waals surface area contributed by atoms with Crippen molar-refractivity contribution in [1.82, 2.24) is 0 Å². The normalized spacial score (nSPS) is 34.7. The lowest BCUT2D eigenvalue weighted by Crippen LogP contribution is -2.28. The van der Waals surface area contributed by atoms with Gasteiger partial charge in [0, 0.05) is 6.42 Å². The highest BCUT2D eigenvalue weighted by molar-refractivity contribution is 5.03. The van der Waals surface area contributed by atoms with Crippen LogP contribution >= 0.6 is 0 Å². The van der Waals surface area contributed by atoms with Crippen LogP contribution in [0.5, 0.6) is 0 Å². The lowest BCUT2D eigenvalue weighted by Gasteiger charge is -2.31. The molecule has 0 spiro atoms. The molecule has 72 valence electrons. The highest BCUT2D eigenvalue weighted by Crippen LogP contribution is 2.37. The summed E-state index contributed by atoms with van der Waals surface area (Å²) in [5, 5.41) is 8.53. The van der Waals surface area contributed by atoms with Crippen molar-refractivity contribution in [3.63, 3.8) is 0 Å². The van der Waals surface area contributed by atoms with E-state index in [0.29, 0.717) is 19.3 Å². The third kappa shape index (κ3) is 2.84. The number of alkyl halides is 1. The lowest BCUT2D eigenvalue weighted by molar-refractivity contribution is 0.125. The molecule has 0 aromatic heterocycles. The number of allylic oxidation sites excluding steroid dienone is 2. The Hall–Kier alpha value is -0.840. The zero-order chi connectivity index (χ0) is 9.73. The zero-order valence-electron chi connectivity index (χ0n) is 8.09. The SMILES string of the molecule is C/C=C/C1(F)CCCC(CC#N)C1. The Morgan fingerprint density at radius 3 is 3.08 bits per heavy atom. The molecule has 1 fully saturated rings. The summed E-state index contributed by atoms with van der Waals surface area (Å²) in [6.45, 7) is 1.84. The summed E-state index contributed by atoms with van der Waals surface area (Å²) in [5.41, 5.74) is -1.13. The minimum atomic E-state index is -1.13. The molecular weight excluding hydrogens is 165 g/mol. The van der Waals surface area contributed by atoms with E-state index >= 15 is 0 Å². The number of halogens is 1. The third-order valence-electron chi connectivity index (χ3n) is 2.68. The maximum atomic E-state index is 14.0. The lowest BCUT2D eigenvalue weighted by atomic mass is 9.78. The Bertz CT molecular complexity index is 229. The largest absolute Gasteiger partial charge is 0.239 e. The summed E-state index contributed by atoms with van der Waals surface area (Å²) >= 11 is 0. The van der Waals surface area contributed by atoms with Gasteiger partial charge in [-0.3, -0.25) is 0 Å². The average Bonchev–Trinajstić information content (AvgIpc) is 2.04. The molecule has 0 radical (unpaired) electrons. The monoisotopic (exact) mass is 181 g/mol. The standard InChI is InChI=1S/C11H16FN/c1-2-6-11(12)7-3-4-10(9-11)5-8-13/h2,6,10H,3-5,7,9H2,1H3/b6-2+. The summed E-state index contributed by atoms with van der Waals surface area (Å²) in [6, 6.07) is 2.13. The molecule has 1 aliphatic rings. The van der Waals surface area contributed by atoms with E-state index in [1.165, 1.54) is 0 Å². The number of hydrogen-bond acceptors (Lipinski definition) is 1. The zero-order valence-corrected chi connectivity index (χ0v) is 8.09. The van der Waals surface area contributed by atoms with Gasteiger partial charge < -0.3 is 0 Å². The van der Waals surface area contributed by atoms with Crippen LogP contribution < -0.4 is 0 Å². The summed E-state index contributed by atoms with van der Waals surface area (Å²) in [4.78, 5) is 0. The number of rotatable bonds is 2. The van der Waals surface area contributed by atoms with Crippen molar-refractivity contribution < 1.29 is 4.39 Å². The van der Waals surface area contributed by atoms with Gasteiger partial charge in [0.25, 0.3) is 0 Å². The summed E-state index contributed by atoms with van der Waals surface area (Å²) < 4.78 is 14.0. The highest BCUT2D eigenvalue weighted by Gasteiger charge is 2.33. The maximum absolute atomic E-state index is 14.0. The number of nitriles is 1. The molecule has 0 N–H and O–H groups in total. The molecule has 0 aromatic rings. The first-order chi connectivity index (χ1) is 6.20. The van der Waals surface area contributed by atoms with Gasteiger partial charge >= 0.3 is 0 Å². The van der Waals surface area contributed by atoms with E-state index in [2.05, 4.69) is 6.07 Å². The fourth-order valence-corrected chi connectivity index (χ4v) is 2.12. The van der Waals surface area contributed by atoms with Crippen LogP contribution in [-0.2, 0) is 0 Å².